The molecule has 0 spiro atoms. The third kappa shape index (κ3) is 2.78. The number of carbonyl (C=O) groups excluding carboxylic acids is 1. The lowest BCUT2D eigenvalue weighted by atomic mass is 9.69. The van der Waals surface area contributed by atoms with Crippen LogP contribution in [0.3, 0.4) is 0 Å². The van der Waals surface area contributed by atoms with Crippen LogP contribution < -0.4 is 10.6 Å². The molecule has 3 heterocycles. The van der Waals surface area contributed by atoms with E-state index >= 15 is 0 Å². The van der Waals surface area contributed by atoms with Crippen molar-refractivity contribution in [1.82, 2.24) is 5.32 Å². The molecule has 0 aromatic carbocycles. The Morgan fingerprint density at radius 2 is 2.12 bits per heavy atom. The Hall–Kier alpha value is -1.75. The minimum absolute atomic E-state index is 0.0264. The first-order valence-electron chi connectivity index (χ1n) is 9.17. The van der Waals surface area contributed by atoms with Gasteiger partial charge in [0, 0.05) is 4.88 Å². The van der Waals surface area contributed by atoms with Gasteiger partial charge in [0.05, 0.1) is 5.56 Å². The summed E-state index contributed by atoms with van der Waals surface area (Å²) in [5.74, 6) is 2.33. The summed E-state index contributed by atoms with van der Waals surface area (Å²) < 4.78 is 5.69. The summed E-state index contributed by atoms with van der Waals surface area (Å²) in [4.78, 5) is 14.1. The van der Waals surface area contributed by atoms with Gasteiger partial charge in [-0.25, -0.2) is 0 Å². The molecule has 0 unspecified atom stereocenters. The molecule has 2 atom stereocenters. The van der Waals surface area contributed by atoms with Gasteiger partial charge in [-0.2, -0.15) is 0 Å². The number of carbonyl (C=O) groups is 1. The van der Waals surface area contributed by atoms with E-state index in [0.717, 1.165) is 34.9 Å². The van der Waals surface area contributed by atoms with Crippen molar-refractivity contribution in [2.75, 3.05) is 5.32 Å². The van der Waals surface area contributed by atoms with Crippen LogP contribution in [0.2, 0.25) is 0 Å². The fourth-order valence-corrected chi connectivity index (χ4v) is 5.36. The van der Waals surface area contributed by atoms with E-state index < -0.39 is 0 Å². The molecular formula is C20H26N2O2S. The lowest BCUT2D eigenvalue weighted by Gasteiger charge is -2.36. The number of hydrogen-bond donors (Lipinski definition) is 2. The van der Waals surface area contributed by atoms with Crippen molar-refractivity contribution in [2.45, 2.75) is 59.5 Å². The predicted octanol–water partition coefficient (Wildman–Crippen LogP) is 5.04. The lowest BCUT2D eigenvalue weighted by Crippen LogP contribution is -2.38. The molecule has 0 saturated carbocycles. The van der Waals surface area contributed by atoms with Crippen LogP contribution in [0.1, 0.15) is 72.1 Å². The van der Waals surface area contributed by atoms with Crippen LogP contribution >= 0.6 is 11.3 Å². The van der Waals surface area contributed by atoms with E-state index in [9.17, 15) is 4.79 Å². The van der Waals surface area contributed by atoms with Crippen LogP contribution in [0.4, 0.5) is 5.00 Å². The fourth-order valence-electron chi connectivity index (χ4n) is 4.00. The molecule has 2 aromatic rings. The van der Waals surface area contributed by atoms with Gasteiger partial charge >= 0.3 is 0 Å². The van der Waals surface area contributed by atoms with Crippen LogP contribution in [-0.2, 0) is 12.8 Å². The Labute approximate surface area is 153 Å². The third-order valence-corrected chi connectivity index (χ3v) is 7.29. The number of aryl methyl sites for hydroxylation is 1. The van der Waals surface area contributed by atoms with Crippen molar-refractivity contribution in [1.29, 1.82) is 0 Å². The second-order valence-electron chi connectivity index (χ2n) is 7.99. The average molecular weight is 359 g/mol. The number of amides is 1. The smallest absolute Gasteiger partial charge is 0.256 e. The van der Waals surface area contributed by atoms with Crippen molar-refractivity contribution in [3.05, 3.63) is 39.7 Å². The van der Waals surface area contributed by atoms with Crippen LogP contribution in [0, 0.1) is 18.3 Å². The lowest BCUT2D eigenvalue weighted by molar-refractivity contribution is 0.0929. The van der Waals surface area contributed by atoms with Crippen molar-refractivity contribution >= 4 is 22.2 Å². The van der Waals surface area contributed by atoms with E-state index in [-0.39, 0.29) is 12.1 Å². The largest absolute Gasteiger partial charge is 0.462 e. The SMILES string of the molecule is CCC(C)(C)[C@H]1CCc2c(sc3c2C(=O)N[C@@H](c2ccc(C)o2)N3)C1. The molecule has 0 fully saturated rings. The Balaban J connectivity index is 1.63. The summed E-state index contributed by atoms with van der Waals surface area (Å²) in [6.45, 7) is 8.94. The summed E-state index contributed by atoms with van der Waals surface area (Å²) in [5, 5.41) is 7.53. The summed E-state index contributed by atoms with van der Waals surface area (Å²) in [6, 6.07) is 3.85. The molecule has 134 valence electrons. The van der Waals surface area contributed by atoms with E-state index in [1.165, 1.54) is 23.3 Å². The molecule has 1 aliphatic heterocycles. The summed E-state index contributed by atoms with van der Waals surface area (Å²) in [5.41, 5.74) is 2.49. The molecule has 0 saturated heterocycles. The third-order valence-electron chi connectivity index (χ3n) is 6.11. The molecule has 1 amide bonds. The number of nitrogens with one attached hydrogen (secondary N) is 2. The molecule has 5 heteroatoms. The minimum Gasteiger partial charge on any atom is -0.462 e. The first-order chi connectivity index (χ1) is 11.9. The highest BCUT2D eigenvalue weighted by atomic mass is 32.1. The van der Waals surface area contributed by atoms with Gasteiger partial charge in [-0.15, -0.1) is 11.3 Å². The zero-order valence-electron chi connectivity index (χ0n) is 15.4. The maximum Gasteiger partial charge on any atom is 0.256 e. The minimum atomic E-state index is -0.281. The predicted molar refractivity (Wildman–Crippen MR) is 101 cm³/mol. The Bertz CT molecular complexity index is 818. The molecule has 2 aliphatic rings. The molecular weight excluding hydrogens is 332 g/mol. The standard InChI is InChI=1S/C20H26N2O2S/c1-5-20(3,4)12-7-8-13-15(10-12)25-19-16(13)18(23)21-17(22-19)14-9-6-11(2)24-14/h6,9,12,17,22H,5,7-8,10H2,1-4H3,(H,21,23)/t12-,17+/m0/s1. The fraction of sp³-hybridized carbons (Fsp3) is 0.550. The summed E-state index contributed by atoms with van der Waals surface area (Å²) in [6.07, 6.45) is 4.18. The maximum atomic E-state index is 12.8. The number of anilines is 1. The van der Waals surface area contributed by atoms with E-state index in [1.54, 1.807) is 11.3 Å². The van der Waals surface area contributed by atoms with E-state index in [1.807, 2.05) is 19.1 Å². The van der Waals surface area contributed by atoms with Gasteiger partial charge < -0.3 is 15.1 Å². The Kier molecular flexibility index (Phi) is 3.95. The molecule has 1 aliphatic carbocycles. The molecule has 4 rings (SSSR count). The molecule has 0 bridgehead atoms. The average Bonchev–Trinajstić information content (AvgIpc) is 3.17. The quantitative estimate of drug-likeness (QED) is 0.808. The molecule has 25 heavy (non-hydrogen) atoms. The topological polar surface area (TPSA) is 54.3 Å². The van der Waals surface area contributed by atoms with E-state index in [2.05, 4.69) is 31.4 Å². The second-order valence-corrected chi connectivity index (χ2v) is 9.09. The van der Waals surface area contributed by atoms with Crippen LogP contribution in [-0.4, -0.2) is 5.91 Å². The van der Waals surface area contributed by atoms with Crippen molar-refractivity contribution in [2.24, 2.45) is 11.3 Å². The molecule has 2 aromatic heterocycles. The highest BCUT2D eigenvalue weighted by Gasteiger charge is 2.37. The highest BCUT2D eigenvalue weighted by molar-refractivity contribution is 7.16. The number of thiophene rings is 1. The second kappa shape index (κ2) is 5.90. The molecule has 0 radical (unpaired) electrons. The highest BCUT2D eigenvalue weighted by Crippen LogP contribution is 2.46. The normalized spacial score (nSPS) is 22.8. The number of rotatable bonds is 3. The van der Waals surface area contributed by atoms with E-state index in [4.69, 9.17) is 4.42 Å². The zero-order chi connectivity index (χ0) is 17.8. The number of furan rings is 1. The van der Waals surface area contributed by atoms with Gasteiger partial charge in [0.1, 0.15) is 16.5 Å². The van der Waals surface area contributed by atoms with Crippen LogP contribution in [0.25, 0.3) is 0 Å². The first kappa shape index (κ1) is 16.7. The Morgan fingerprint density at radius 1 is 1.32 bits per heavy atom. The van der Waals surface area contributed by atoms with Crippen molar-refractivity contribution in [3.8, 4) is 0 Å². The van der Waals surface area contributed by atoms with Gasteiger partial charge in [-0.3, -0.25) is 4.79 Å². The maximum absolute atomic E-state index is 12.8. The number of fused-ring (bicyclic) bond motifs is 3. The van der Waals surface area contributed by atoms with Gasteiger partial charge in [0.2, 0.25) is 0 Å². The van der Waals surface area contributed by atoms with Gasteiger partial charge in [-0.05, 0) is 55.2 Å². The number of hydrogen-bond acceptors (Lipinski definition) is 4. The summed E-state index contributed by atoms with van der Waals surface area (Å²) in [7, 11) is 0. The van der Waals surface area contributed by atoms with Crippen molar-refractivity contribution in [3.63, 3.8) is 0 Å². The monoisotopic (exact) mass is 358 g/mol. The summed E-state index contributed by atoms with van der Waals surface area (Å²) >= 11 is 1.76. The van der Waals surface area contributed by atoms with Gasteiger partial charge in [-0.1, -0.05) is 27.2 Å². The Morgan fingerprint density at radius 3 is 2.80 bits per heavy atom. The first-order valence-corrected chi connectivity index (χ1v) is 9.99. The zero-order valence-corrected chi connectivity index (χ0v) is 16.2. The molecule has 2 N–H and O–H groups in total. The van der Waals surface area contributed by atoms with E-state index in [0.29, 0.717) is 11.3 Å². The van der Waals surface area contributed by atoms with Gasteiger partial charge in [0.25, 0.3) is 5.91 Å². The van der Waals surface area contributed by atoms with Crippen LogP contribution in [0.15, 0.2) is 16.5 Å². The molecule has 4 nitrogen and oxygen atoms in total. The van der Waals surface area contributed by atoms with Gasteiger partial charge in [0.15, 0.2) is 6.17 Å². The van der Waals surface area contributed by atoms with Crippen LogP contribution in [0.5, 0.6) is 0 Å². The van der Waals surface area contributed by atoms with Crippen molar-refractivity contribution < 1.29 is 9.21 Å².